The van der Waals surface area contributed by atoms with Gasteiger partial charge >= 0.3 is 6.61 Å². The molecule has 26 heavy (non-hydrogen) atoms. The number of amides is 1. The number of carbonyl (C=O) groups is 1. The quantitative estimate of drug-likeness (QED) is 0.852. The summed E-state index contributed by atoms with van der Waals surface area (Å²) in [5, 5.41) is 13.3. The second-order valence-electron chi connectivity index (χ2n) is 6.78. The molecule has 1 aliphatic carbocycles. The van der Waals surface area contributed by atoms with Crippen molar-refractivity contribution >= 4 is 16.8 Å². The fourth-order valence-electron chi connectivity index (χ4n) is 3.42. The van der Waals surface area contributed by atoms with Crippen molar-refractivity contribution in [3.8, 4) is 5.75 Å². The summed E-state index contributed by atoms with van der Waals surface area (Å²) in [6, 6.07) is 6.22. The molecule has 2 N–H and O–H groups in total. The van der Waals surface area contributed by atoms with E-state index >= 15 is 0 Å². The summed E-state index contributed by atoms with van der Waals surface area (Å²) in [5.41, 5.74) is 0.912. The number of nitrogens with one attached hydrogen (secondary N) is 1. The zero-order chi connectivity index (χ0) is 18.7. The summed E-state index contributed by atoms with van der Waals surface area (Å²) in [7, 11) is 0. The van der Waals surface area contributed by atoms with Gasteiger partial charge in [-0.05, 0) is 56.7 Å². The average molecular weight is 364 g/mol. The molecule has 1 aliphatic rings. The molecule has 1 atom stereocenters. The standard InChI is InChI=1S/C19H22F2N2O3/c1-11(24)12-2-5-15(6-3-12)23-18(25)14-8-13-4-7-16(26-19(20)21)9-17(13)22-10-14/h4,7-12,15,19,24H,2-3,5-6H2,1H3,(H,23,25)/t11-,12-,15-/m0/s1. The van der Waals surface area contributed by atoms with E-state index in [1.165, 1.54) is 18.3 Å². The fraction of sp³-hybridized carbons (Fsp3) is 0.474. The van der Waals surface area contributed by atoms with Crippen molar-refractivity contribution in [3.63, 3.8) is 0 Å². The van der Waals surface area contributed by atoms with Crippen LogP contribution < -0.4 is 10.1 Å². The largest absolute Gasteiger partial charge is 0.435 e. The first-order valence-electron chi connectivity index (χ1n) is 8.76. The molecule has 0 spiro atoms. The molecule has 1 aromatic carbocycles. The van der Waals surface area contributed by atoms with Crippen molar-refractivity contribution < 1.29 is 23.4 Å². The number of ether oxygens (including phenoxy) is 1. The molecular weight excluding hydrogens is 342 g/mol. The maximum atomic E-state index is 12.5. The van der Waals surface area contributed by atoms with Crippen LogP contribution in [0.5, 0.6) is 5.75 Å². The van der Waals surface area contributed by atoms with Crippen LogP contribution in [-0.2, 0) is 0 Å². The third-order valence-electron chi connectivity index (χ3n) is 4.93. The number of nitrogens with zero attached hydrogens (tertiary/aromatic N) is 1. The van der Waals surface area contributed by atoms with E-state index in [0.717, 1.165) is 25.7 Å². The Bertz CT molecular complexity index is 774. The summed E-state index contributed by atoms with van der Waals surface area (Å²) in [4.78, 5) is 16.6. The van der Waals surface area contributed by atoms with Gasteiger partial charge in [0, 0.05) is 23.7 Å². The smallest absolute Gasteiger partial charge is 0.387 e. The average Bonchev–Trinajstić information content (AvgIpc) is 2.61. The Balaban J connectivity index is 1.65. The van der Waals surface area contributed by atoms with Crippen LogP contribution in [0, 0.1) is 5.92 Å². The predicted octanol–water partition coefficient (Wildman–Crippen LogP) is 3.51. The van der Waals surface area contributed by atoms with Crippen LogP contribution in [0.1, 0.15) is 43.0 Å². The van der Waals surface area contributed by atoms with Crippen LogP contribution in [0.3, 0.4) is 0 Å². The minimum absolute atomic E-state index is 0.0343. The van der Waals surface area contributed by atoms with Crippen molar-refractivity contribution in [1.29, 1.82) is 0 Å². The molecule has 1 fully saturated rings. The summed E-state index contributed by atoms with van der Waals surface area (Å²) in [6.07, 6.45) is 4.60. The number of rotatable bonds is 5. The molecule has 0 aliphatic heterocycles. The molecule has 0 radical (unpaired) electrons. The van der Waals surface area contributed by atoms with Gasteiger partial charge < -0.3 is 15.2 Å². The number of fused-ring (bicyclic) bond motifs is 1. The molecule has 140 valence electrons. The molecule has 2 aromatic rings. The minimum atomic E-state index is -2.89. The van der Waals surface area contributed by atoms with E-state index < -0.39 is 6.61 Å². The molecule has 1 saturated carbocycles. The molecule has 1 amide bonds. The number of hydrogen-bond acceptors (Lipinski definition) is 4. The summed E-state index contributed by atoms with van der Waals surface area (Å²) in [5.74, 6) is 0.134. The van der Waals surface area contributed by atoms with Crippen LogP contribution in [0.25, 0.3) is 10.9 Å². The molecular formula is C19H22F2N2O3. The lowest BCUT2D eigenvalue weighted by molar-refractivity contribution is -0.0497. The Hall–Kier alpha value is -2.28. The summed E-state index contributed by atoms with van der Waals surface area (Å²) in [6.45, 7) is -1.08. The van der Waals surface area contributed by atoms with Crippen molar-refractivity contribution in [2.75, 3.05) is 0 Å². The van der Waals surface area contributed by atoms with E-state index in [-0.39, 0.29) is 23.8 Å². The SMILES string of the molecule is C[C@H](O)[C@H]1CC[C@H](NC(=O)c2cnc3cc(OC(F)F)ccc3c2)CC1. The Morgan fingerprint density at radius 1 is 1.27 bits per heavy atom. The predicted molar refractivity (Wildman–Crippen MR) is 93.3 cm³/mol. The second-order valence-corrected chi connectivity index (χ2v) is 6.78. The Kier molecular flexibility index (Phi) is 5.66. The summed E-state index contributed by atoms with van der Waals surface area (Å²) >= 11 is 0. The number of halogens is 2. The van der Waals surface area contributed by atoms with E-state index in [0.29, 0.717) is 22.4 Å². The number of alkyl halides is 2. The van der Waals surface area contributed by atoms with Crippen molar-refractivity contribution in [2.45, 2.75) is 51.4 Å². The van der Waals surface area contributed by atoms with Crippen molar-refractivity contribution in [3.05, 3.63) is 36.0 Å². The molecule has 1 heterocycles. The van der Waals surface area contributed by atoms with E-state index in [1.807, 2.05) is 6.92 Å². The van der Waals surface area contributed by atoms with Gasteiger partial charge in [0.1, 0.15) is 5.75 Å². The molecule has 0 saturated heterocycles. The first-order chi connectivity index (χ1) is 12.4. The molecule has 0 unspecified atom stereocenters. The van der Waals surface area contributed by atoms with Gasteiger partial charge in [-0.1, -0.05) is 0 Å². The lowest BCUT2D eigenvalue weighted by Crippen LogP contribution is -2.39. The van der Waals surface area contributed by atoms with E-state index in [4.69, 9.17) is 0 Å². The van der Waals surface area contributed by atoms with Gasteiger partial charge in [0.15, 0.2) is 0 Å². The number of benzene rings is 1. The van der Waals surface area contributed by atoms with E-state index in [2.05, 4.69) is 15.0 Å². The van der Waals surface area contributed by atoms with Gasteiger partial charge in [-0.3, -0.25) is 9.78 Å². The van der Waals surface area contributed by atoms with Crippen LogP contribution in [0.15, 0.2) is 30.5 Å². The Morgan fingerprint density at radius 3 is 2.65 bits per heavy atom. The highest BCUT2D eigenvalue weighted by Gasteiger charge is 2.25. The third kappa shape index (κ3) is 4.46. The molecule has 0 bridgehead atoms. The fourth-order valence-corrected chi connectivity index (χ4v) is 3.42. The highest BCUT2D eigenvalue weighted by atomic mass is 19.3. The van der Waals surface area contributed by atoms with Crippen molar-refractivity contribution in [2.24, 2.45) is 5.92 Å². The molecule has 7 heteroatoms. The lowest BCUT2D eigenvalue weighted by Gasteiger charge is -2.30. The van der Waals surface area contributed by atoms with E-state index in [9.17, 15) is 18.7 Å². The number of aliphatic hydroxyl groups excluding tert-OH is 1. The maximum absolute atomic E-state index is 12.5. The molecule has 1 aromatic heterocycles. The normalized spacial score (nSPS) is 21.6. The van der Waals surface area contributed by atoms with Crippen molar-refractivity contribution in [1.82, 2.24) is 10.3 Å². The monoisotopic (exact) mass is 364 g/mol. The minimum Gasteiger partial charge on any atom is -0.435 e. The molecule has 5 nitrogen and oxygen atoms in total. The van der Waals surface area contributed by atoms with Gasteiger partial charge in [0.2, 0.25) is 0 Å². The van der Waals surface area contributed by atoms with Gasteiger partial charge in [0.25, 0.3) is 5.91 Å². The first-order valence-corrected chi connectivity index (χ1v) is 8.76. The number of hydrogen-bond donors (Lipinski definition) is 2. The molecule has 3 rings (SSSR count). The van der Waals surface area contributed by atoms with Gasteiger partial charge in [-0.25, -0.2) is 0 Å². The Morgan fingerprint density at radius 2 is 2.00 bits per heavy atom. The maximum Gasteiger partial charge on any atom is 0.387 e. The summed E-state index contributed by atoms with van der Waals surface area (Å²) < 4.78 is 28.9. The number of pyridine rings is 1. The van der Waals surface area contributed by atoms with Crippen LogP contribution >= 0.6 is 0 Å². The number of aromatic nitrogens is 1. The zero-order valence-electron chi connectivity index (χ0n) is 14.5. The third-order valence-corrected chi connectivity index (χ3v) is 4.93. The second kappa shape index (κ2) is 7.95. The lowest BCUT2D eigenvalue weighted by atomic mass is 9.83. The van der Waals surface area contributed by atoms with Gasteiger partial charge in [-0.2, -0.15) is 8.78 Å². The van der Waals surface area contributed by atoms with Gasteiger partial charge in [0.05, 0.1) is 17.2 Å². The zero-order valence-corrected chi connectivity index (χ0v) is 14.5. The number of carbonyl (C=O) groups excluding carboxylic acids is 1. The number of aliphatic hydroxyl groups is 1. The van der Waals surface area contributed by atoms with E-state index in [1.54, 1.807) is 12.1 Å². The highest BCUT2D eigenvalue weighted by molar-refractivity contribution is 5.97. The van der Waals surface area contributed by atoms with Crippen LogP contribution in [0.4, 0.5) is 8.78 Å². The first kappa shape index (κ1) is 18.5. The topological polar surface area (TPSA) is 71.5 Å². The van der Waals surface area contributed by atoms with Crippen LogP contribution in [0.2, 0.25) is 0 Å². The Labute approximate surface area is 150 Å². The van der Waals surface area contributed by atoms with Gasteiger partial charge in [-0.15, -0.1) is 0 Å². The van der Waals surface area contributed by atoms with Crippen LogP contribution in [-0.4, -0.2) is 34.8 Å². The highest BCUT2D eigenvalue weighted by Crippen LogP contribution is 2.27.